The molecule has 2 rings (SSSR count). The standard InChI is InChI=1S/C11H20N2O/c1-7-5-9(7)6-13-11(14)10-3-4-12-8(10)2/h7-10,12H,3-6H2,1-2H3,(H,13,14). The van der Waals surface area contributed by atoms with E-state index in [1.165, 1.54) is 6.42 Å². The van der Waals surface area contributed by atoms with E-state index in [4.69, 9.17) is 0 Å². The molecule has 80 valence electrons. The van der Waals surface area contributed by atoms with E-state index in [-0.39, 0.29) is 11.8 Å². The van der Waals surface area contributed by atoms with Crippen LogP contribution >= 0.6 is 0 Å². The number of hydrogen-bond acceptors (Lipinski definition) is 2. The average Bonchev–Trinajstić information content (AvgIpc) is 2.67. The number of hydrogen-bond donors (Lipinski definition) is 2. The maximum Gasteiger partial charge on any atom is 0.224 e. The molecule has 14 heavy (non-hydrogen) atoms. The highest BCUT2D eigenvalue weighted by Gasteiger charge is 2.34. The minimum absolute atomic E-state index is 0.198. The number of carbonyl (C=O) groups excluding carboxylic acids is 1. The van der Waals surface area contributed by atoms with Crippen LogP contribution in [-0.4, -0.2) is 25.0 Å². The van der Waals surface area contributed by atoms with Crippen LogP contribution in [0.4, 0.5) is 0 Å². The van der Waals surface area contributed by atoms with E-state index in [9.17, 15) is 4.79 Å². The van der Waals surface area contributed by atoms with Gasteiger partial charge < -0.3 is 10.6 Å². The van der Waals surface area contributed by atoms with Gasteiger partial charge in [0.05, 0.1) is 5.92 Å². The Kier molecular flexibility index (Phi) is 2.77. The van der Waals surface area contributed by atoms with Crippen LogP contribution in [-0.2, 0) is 4.79 Å². The quantitative estimate of drug-likeness (QED) is 0.699. The molecule has 0 spiro atoms. The van der Waals surface area contributed by atoms with Gasteiger partial charge in [0.25, 0.3) is 0 Å². The third-order valence-corrected chi connectivity index (χ3v) is 3.68. The van der Waals surface area contributed by atoms with Crippen LogP contribution in [0.3, 0.4) is 0 Å². The summed E-state index contributed by atoms with van der Waals surface area (Å²) in [5, 5.41) is 6.37. The van der Waals surface area contributed by atoms with E-state index in [0.717, 1.165) is 31.3 Å². The van der Waals surface area contributed by atoms with Gasteiger partial charge in [-0.25, -0.2) is 0 Å². The maximum atomic E-state index is 11.7. The van der Waals surface area contributed by atoms with Crippen LogP contribution in [0.5, 0.6) is 0 Å². The molecule has 0 aromatic heterocycles. The largest absolute Gasteiger partial charge is 0.356 e. The molecular formula is C11H20N2O. The summed E-state index contributed by atoms with van der Waals surface area (Å²) in [4.78, 5) is 11.7. The van der Waals surface area contributed by atoms with Crippen LogP contribution in [0.15, 0.2) is 0 Å². The summed E-state index contributed by atoms with van der Waals surface area (Å²) in [5.74, 6) is 2.03. The molecule has 1 saturated carbocycles. The van der Waals surface area contributed by atoms with Gasteiger partial charge in [0.1, 0.15) is 0 Å². The van der Waals surface area contributed by atoms with Gasteiger partial charge in [-0.3, -0.25) is 4.79 Å². The predicted octanol–water partition coefficient (Wildman–Crippen LogP) is 0.757. The first-order chi connectivity index (χ1) is 6.68. The number of rotatable bonds is 3. The van der Waals surface area contributed by atoms with E-state index in [1.807, 2.05) is 0 Å². The van der Waals surface area contributed by atoms with Gasteiger partial charge >= 0.3 is 0 Å². The van der Waals surface area contributed by atoms with Crippen molar-refractivity contribution >= 4 is 5.91 Å². The first kappa shape index (κ1) is 9.97. The second-order valence-corrected chi connectivity index (χ2v) is 4.86. The zero-order chi connectivity index (χ0) is 10.1. The van der Waals surface area contributed by atoms with Gasteiger partial charge in [-0.1, -0.05) is 6.92 Å². The molecule has 3 nitrogen and oxygen atoms in total. The first-order valence-corrected chi connectivity index (χ1v) is 5.69. The fraction of sp³-hybridized carbons (Fsp3) is 0.909. The third kappa shape index (κ3) is 2.08. The summed E-state index contributed by atoms with van der Waals surface area (Å²) in [6.07, 6.45) is 2.28. The molecule has 1 amide bonds. The summed E-state index contributed by atoms with van der Waals surface area (Å²) >= 11 is 0. The van der Waals surface area contributed by atoms with E-state index in [0.29, 0.717) is 6.04 Å². The first-order valence-electron chi connectivity index (χ1n) is 5.69. The Morgan fingerprint density at radius 2 is 2.21 bits per heavy atom. The predicted molar refractivity (Wildman–Crippen MR) is 55.9 cm³/mol. The molecular weight excluding hydrogens is 176 g/mol. The average molecular weight is 196 g/mol. The van der Waals surface area contributed by atoms with E-state index < -0.39 is 0 Å². The number of carbonyl (C=O) groups is 1. The minimum atomic E-state index is 0.198. The van der Waals surface area contributed by atoms with E-state index in [2.05, 4.69) is 24.5 Å². The Bertz CT molecular complexity index is 229. The van der Waals surface area contributed by atoms with Gasteiger partial charge in [-0.15, -0.1) is 0 Å². The van der Waals surface area contributed by atoms with Crippen LogP contribution in [0.25, 0.3) is 0 Å². The Morgan fingerprint density at radius 1 is 1.50 bits per heavy atom. The van der Waals surface area contributed by atoms with Crippen molar-refractivity contribution in [2.75, 3.05) is 13.1 Å². The van der Waals surface area contributed by atoms with Gasteiger partial charge in [0, 0.05) is 12.6 Å². The van der Waals surface area contributed by atoms with Crippen molar-refractivity contribution in [3.8, 4) is 0 Å². The van der Waals surface area contributed by atoms with Crippen LogP contribution < -0.4 is 10.6 Å². The minimum Gasteiger partial charge on any atom is -0.356 e. The summed E-state index contributed by atoms with van der Waals surface area (Å²) in [5.41, 5.74) is 0. The molecule has 0 aromatic carbocycles. The van der Waals surface area contributed by atoms with E-state index in [1.54, 1.807) is 0 Å². The normalized spacial score (nSPS) is 41.0. The Morgan fingerprint density at radius 3 is 2.71 bits per heavy atom. The maximum absolute atomic E-state index is 11.7. The lowest BCUT2D eigenvalue weighted by Gasteiger charge is -2.14. The van der Waals surface area contributed by atoms with Gasteiger partial charge in [0.2, 0.25) is 5.91 Å². The molecule has 1 aliphatic carbocycles. The van der Waals surface area contributed by atoms with Crippen molar-refractivity contribution < 1.29 is 4.79 Å². The topological polar surface area (TPSA) is 41.1 Å². The summed E-state index contributed by atoms with van der Waals surface area (Å²) < 4.78 is 0. The fourth-order valence-corrected chi connectivity index (χ4v) is 2.26. The molecule has 4 atom stereocenters. The molecule has 0 radical (unpaired) electrons. The second kappa shape index (κ2) is 3.89. The van der Waals surface area contributed by atoms with Crippen molar-refractivity contribution in [1.82, 2.24) is 10.6 Å². The highest BCUT2D eigenvalue weighted by molar-refractivity contribution is 5.79. The fourth-order valence-electron chi connectivity index (χ4n) is 2.26. The molecule has 1 aliphatic heterocycles. The highest BCUT2D eigenvalue weighted by Crippen LogP contribution is 2.36. The Labute approximate surface area is 85.6 Å². The smallest absolute Gasteiger partial charge is 0.224 e. The van der Waals surface area contributed by atoms with Crippen LogP contribution in [0, 0.1) is 17.8 Å². The van der Waals surface area contributed by atoms with Crippen molar-refractivity contribution in [2.24, 2.45) is 17.8 Å². The second-order valence-electron chi connectivity index (χ2n) is 4.86. The number of amides is 1. The summed E-state index contributed by atoms with van der Waals surface area (Å²) in [6.45, 7) is 6.22. The van der Waals surface area contributed by atoms with Crippen molar-refractivity contribution in [3.63, 3.8) is 0 Å². The number of nitrogens with one attached hydrogen (secondary N) is 2. The highest BCUT2D eigenvalue weighted by atomic mass is 16.1. The lowest BCUT2D eigenvalue weighted by molar-refractivity contribution is -0.125. The monoisotopic (exact) mass is 196 g/mol. The molecule has 1 saturated heterocycles. The van der Waals surface area contributed by atoms with Gasteiger partial charge in [-0.2, -0.15) is 0 Å². The summed E-state index contributed by atoms with van der Waals surface area (Å²) in [6, 6.07) is 0.353. The van der Waals surface area contributed by atoms with Gasteiger partial charge in [-0.05, 0) is 38.1 Å². The Hall–Kier alpha value is -0.570. The van der Waals surface area contributed by atoms with E-state index >= 15 is 0 Å². The molecule has 2 N–H and O–H groups in total. The van der Waals surface area contributed by atoms with Crippen molar-refractivity contribution in [3.05, 3.63) is 0 Å². The Balaban J connectivity index is 1.72. The van der Waals surface area contributed by atoms with Gasteiger partial charge in [0.15, 0.2) is 0 Å². The molecule has 0 bridgehead atoms. The summed E-state index contributed by atoms with van der Waals surface area (Å²) in [7, 11) is 0. The molecule has 3 heteroatoms. The molecule has 2 fully saturated rings. The zero-order valence-corrected chi connectivity index (χ0v) is 9.05. The van der Waals surface area contributed by atoms with Crippen LogP contribution in [0.1, 0.15) is 26.7 Å². The van der Waals surface area contributed by atoms with Crippen molar-refractivity contribution in [1.29, 1.82) is 0 Å². The molecule has 2 aliphatic rings. The lowest BCUT2D eigenvalue weighted by atomic mass is 10.0. The molecule has 4 unspecified atom stereocenters. The zero-order valence-electron chi connectivity index (χ0n) is 9.05. The molecule has 0 aromatic rings. The third-order valence-electron chi connectivity index (χ3n) is 3.68. The SMILES string of the molecule is CC1CC1CNC(=O)C1CCNC1C. The van der Waals surface area contributed by atoms with Crippen molar-refractivity contribution in [2.45, 2.75) is 32.7 Å². The van der Waals surface area contributed by atoms with Crippen LogP contribution in [0.2, 0.25) is 0 Å². The lowest BCUT2D eigenvalue weighted by Crippen LogP contribution is -2.37. The molecule has 1 heterocycles.